The van der Waals surface area contributed by atoms with Crippen molar-refractivity contribution in [1.29, 1.82) is 0 Å². The van der Waals surface area contributed by atoms with Crippen LogP contribution in [0, 0.1) is 11.6 Å². The highest BCUT2D eigenvalue weighted by molar-refractivity contribution is 7.92. The second-order valence-corrected chi connectivity index (χ2v) is 5.78. The van der Waals surface area contributed by atoms with E-state index in [4.69, 9.17) is 0 Å². The number of carbonyl (C=O) groups is 1. The Morgan fingerprint density at radius 1 is 1.33 bits per heavy atom. The topological polar surface area (TPSA) is 60.4 Å². The molecule has 0 spiro atoms. The summed E-state index contributed by atoms with van der Waals surface area (Å²) in [6.45, 7) is 2.71. The zero-order valence-electron chi connectivity index (χ0n) is 9.81. The summed E-state index contributed by atoms with van der Waals surface area (Å²) in [7, 11) is -4.08. The van der Waals surface area contributed by atoms with Crippen molar-refractivity contribution in [1.82, 2.24) is 0 Å². The van der Waals surface area contributed by atoms with Crippen LogP contribution in [0.15, 0.2) is 23.1 Å². The fourth-order valence-electron chi connectivity index (χ4n) is 1.24. The van der Waals surface area contributed by atoms with Crippen LogP contribution in [0.1, 0.15) is 13.8 Å². The monoisotopic (exact) mass is 278 g/mol. The molecule has 0 aliphatic carbocycles. The van der Waals surface area contributed by atoms with Gasteiger partial charge in [-0.2, -0.15) is 0 Å². The summed E-state index contributed by atoms with van der Waals surface area (Å²) in [6.07, 6.45) is 0. The molecular formula is C11H12F2O4S. The van der Waals surface area contributed by atoms with Gasteiger partial charge in [0, 0.05) is 0 Å². The van der Waals surface area contributed by atoms with Crippen molar-refractivity contribution < 1.29 is 26.7 Å². The molecule has 0 heterocycles. The molecule has 1 rings (SSSR count). The minimum atomic E-state index is -4.08. The van der Waals surface area contributed by atoms with Crippen LogP contribution in [-0.4, -0.2) is 26.2 Å². The zero-order valence-corrected chi connectivity index (χ0v) is 10.6. The van der Waals surface area contributed by atoms with Gasteiger partial charge in [0.2, 0.25) is 0 Å². The smallest absolute Gasteiger partial charge is 0.324 e. The van der Waals surface area contributed by atoms with Crippen molar-refractivity contribution in [2.45, 2.75) is 24.0 Å². The van der Waals surface area contributed by atoms with E-state index in [1.54, 1.807) is 0 Å². The number of carbonyl (C=O) groups excluding carboxylic acids is 1. The van der Waals surface area contributed by atoms with E-state index in [0.29, 0.717) is 12.1 Å². The summed E-state index contributed by atoms with van der Waals surface area (Å²) >= 11 is 0. The largest absolute Gasteiger partial charge is 0.465 e. The highest BCUT2D eigenvalue weighted by atomic mass is 32.2. The van der Waals surface area contributed by atoms with Crippen LogP contribution in [0.5, 0.6) is 0 Å². The molecule has 0 aromatic heterocycles. The Bertz CT molecular complexity index is 554. The number of sulfone groups is 1. The van der Waals surface area contributed by atoms with Crippen LogP contribution >= 0.6 is 0 Å². The first-order valence-electron chi connectivity index (χ1n) is 5.16. The third-order valence-electron chi connectivity index (χ3n) is 2.30. The van der Waals surface area contributed by atoms with Crippen molar-refractivity contribution in [2.75, 3.05) is 6.61 Å². The van der Waals surface area contributed by atoms with Crippen molar-refractivity contribution in [3.63, 3.8) is 0 Å². The van der Waals surface area contributed by atoms with E-state index >= 15 is 0 Å². The Balaban J connectivity index is 3.13. The second-order valence-electron chi connectivity index (χ2n) is 3.52. The zero-order chi connectivity index (χ0) is 13.9. The Morgan fingerprint density at radius 2 is 1.94 bits per heavy atom. The summed E-state index contributed by atoms with van der Waals surface area (Å²) in [5.74, 6) is -3.37. The minimum Gasteiger partial charge on any atom is -0.465 e. The van der Waals surface area contributed by atoms with Gasteiger partial charge in [-0.3, -0.25) is 4.79 Å². The second kappa shape index (κ2) is 5.43. The maximum absolute atomic E-state index is 13.0. The van der Waals surface area contributed by atoms with Crippen LogP contribution in [-0.2, 0) is 19.4 Å². The molecule has 0 saturated carbocycles. The number of ether oxygens (including phenoxy) is 1. The van der Waals surface area contributed by atoms with Gasteiger partial charge in [0.1, 0.15) is 0 Å². The summed E-state index contributed by atoms with van der Waals surface area (Å²) in [5, 5.41) is -1.47. The molecule has 0 saturated heterocycles. The van der Waals surface area contributed by atoms with E-state index < -0.39 is 37.6 Å². The molecule has 18 heavy (non-hydrogen) atoms. The summed E-state index contributed by atoms with van der Waals surface area (Å²) < 4.78 is 54.1. The Morgan fingerprint density at radius 3 is 2.44 bits per heavy atom. The normalized spacial score (nSPS) is 13.1. The van der Waals surface area contributed by atoms with E-state index in [0.717, 1.165) is 13.0 Å². The summed E-state index contributed by atoms with van der Waals surface area (Å²) in [6, 6.07) is 2.14. The molecule has 7 heteroatoms. The van der Waals surface area contributed by atoms with Crippen LogP contribution < -0.4 is 0 Å². The van der Waals surface area contributed by atoms with E-state index in [1.165, 1.54) is 6.92 Å². The van der Waals surface area contributed by atoms with Crippen LogP contribution in [0.2, 0.25) is 0 Å². The molecule has 1 unspecified atom stereocenters. The molecule has 0 aliphatic rings. The van der Waals surface area contributed by atoms with Gasteiger partial charge in [0.25, 0.3) is 0 Å². The molecule has 1 aromatic rings. The van der Waals surface area contributed by atoms with Crippen molar-refractivity contribution in [3.05, 3.63) is 29.8 Å². The first-order valence-corrected chi connectivity index (χ1v) is 6.71. The Kier molecular flexibility index (Phi) is 4.39. The predicted octanol–water partition coefficient (Wildman–Crippen LogP) is 1.69. The summed E-state index contributed by atoms with van der Waals surface area (Å²) in [4.78, 5) is 10.9. The molecule has 0 bridgehead atoms. The maximum Gasteiger partial charge on any atom is 0.324 e. The van der Waals surface area contributed by atoms with E-state index in [9.17, 15) is 22.0 Å². The first kappa shape index (κ1) is 14.6. The molecule has 0 radical (unpaired) electrons. The molecule has 1 atom stereocenters. The number of hydrogen-bond acceptors (Lipinski definition) is 4. The molecule has 0 aliphatic heterocycles. The number of rotatable bonds is 4. The molecule has 100 valence electrons. The number of esters is 1. The maximum atomic E-state index is 13.0. The number of halogens is 2. The lowest BCUT2D eigenvalue weighted by Crippen LogP contribution is -2.29. The van der Waals surface area contributed by atoms with Gasteiger partial charge in [-0.1, -0.05) is 0 Å². The van der Waals surface area contributed by atoms with Gasteiger partial charge in [0.15, 0.2) is 26.7 Å². The van der Waals surface area contributed by atoms with Gasteiger partial charge >= 0.3 is 5.97 Å². The minimum absolute atomic E-state index is 0.0382. The third kappa shape index (κ3) is 2.84. The highest BCUT2D eigenvalue weighted by Crippen LogP contribution is 2.19. The highest BCUT2D eigenvalue weighted by Gasteiger charge is 2.31. The summed E-state index contributed by atoms with van der Waals surface area (Å²) in [5.41, 5.74) is 0. The van der Waals surface area contributed by atoms with Gasteiger partial charge in [-0.15, -0.1) is 0 Å². The average Bonchev–Trinajstić information content (AvgIpc) is 2.31. The Labute approximate surface area is 103 Å². The first-order chi connectivity index (χ1) is 8.30. The van der Waals surface area contributed by atoms with Gasteiger partial charge in [-0.05, 0) is 32.0 Å². The van der Waals surface area contributed by atoms with Gasteiger partial charge < -0.3 is 4.74 Å². The van der Waals surface area contributed by atoms with Crippen LogP contribution in [0.4, 0.5) is 8.78 Å². The van der Waals surface area contributed by atoms with Crippen molar-refractivity contribution >= 4 is 15.8 Å². The Hall–Kier alpha value is -1.50. The van der Waals surface area contributed by atoms with Crippen LogP contribution in [0.3, 0.4) is 0 Å². The third-order valence-corrected chi connectivity index (χ3v) is 4.34. The van der Waals surface area contributed by atoms with Gasteiger partial charge in [0.05, 0.1) is 11.5 Å². The lowest BCUT2D eigenvalue weighted by molar-refractivity contribution is -0.142. The average molecular weight is 278 g/mol. The lowest BCUT2D eigenvalue weighted by Gasteiger charge is -2.11. The van der Waals surface area contributed by atoms with Gasteiger partial charge in [-0.25, -0.2) is 17.2 Å². The molecule has 0 amide bonds. The fourth-order valence-corrected chi connectivity index (χ4v) is 2.50. The standard InChI is InChI=1S/C11H12F2O4S/c1-3-17-11(14)7(2)18(15,16)8-4-5-9(12)10(13)6-8/h4-7H,3H2,1-2H3. The number of hydrogen-bond donors (Lipinski definition) is 0. The van der Waals surface area contributed by atoms with E-state index in [-0.39, 0.29) is 6.61 Å². The van der Waals surface area contributed by atoms with Crippen LogP contribution in [0.25, 0.3) is 0 Å². The van der Waals surface area contributed by atoms with E-state index in [2.05, 4.69) is 4.74 Å². The molecule has 0 fully saturated rings. The van der Waals surface area contributed by atoms with E-state index in [1.807, 2.05) is 0 Å². The molecule has 1 aromatic carbocycles. The van der Waals surface area contributed by atoms with Crippen molar-refractivity contribution in [2.24, 2.45) is 0 Å². The number of benzene rings is 1. The molecule has 0 N–H and O–H groups in total. The molecular weight excluding hydrogens is 266 g/mol. The van der Waals surface area contributed by atoms with Crippen molar-refractivity contribution in [3.8, 4) is 0 Å². The molecule has 4 nitrogen and oxygen atoms in total. The lowest BCUT2D eigenvalue weighted by atomic mass is 10.3. The predicted molar refractivity (Wildman–Crippen MR) is 59.6 cm³/mol. The fraction of sp³-hybridized carbons (Fsp3) is 0.364. The SMILES string of the molecule is CCOC(=O)C(C)S(=O)(=O)c1ccc(F)c(F)c1. The quantitative estimate of drug-likeness (QED) is 0.621.